The summed E-state index contributed by atoms with van der Waals surface area (Å²) >= 11 is 0. The van der Waals surface area contributed by atoms with Crippen LogP contribution >= 0.6 is 0 Å². The average molecular weight is 356 g/mol. The van der Waals surface area contributed by atoms with Crippen molar-refractivity contribution < 1.29 is 17.9 Å². The van der Waals surface area contributed by atoms with Gasteiger partial charge in [-0.2, -0.15) is 4.31 Å². The Bertz CT molecular complexity index is 676. The van der Waals surface area contributed by atoms with E-state index in [1.165, 1.54) is 25.2 Å². The maximum atomic E-state index is 14.0. The lowest BCUT2D eigenvalue weighted by molar-refractivity contribution is -0.0104. The van der Waals surface area contributed by atoms with Crippen LogP contribution in [0.15, 0.2) is 29.2 Å². The molecule has 5 nitrogen and oxygen atoms in total. The predicted octanol–water partition coefficient (Wildman–Crippen LogP) is 1.82. The van der Waals surface area contributed by atoms with Gasteiger partial charge in [-0.05, 0) is 50.9 Å². The minimum atomic E-state index is -3.97. The van der Waals surface area contributed by atoms with Crippen LogP contribution in [0.3, 0.4) is 0 Å². The molecule has 0 bridgehead atoms. The molecule has 0 radical (unpaired) electrons. The molecule has 3 rings (SSSR count). The molecule has 3 atom stereocenters. The van der Waals surface area contributed by atoms with Gasteiger partial charge in [0.2, 0.25) is 10.0 Å². The Labute approximate surface area is 143 Å². The van der Waals surface area contributed by atoms with E-state index in [4.69, 9.17) is 0 Å². The molecule has 1 aliphatic carbocycles. The summed E-state index contributed by atoms with van der Waals surface area (Å²) in [5.74, 6) is -0.759. The van der Waals surface area contributed by atoms with E-state index in [9.17, 15) is 17.9 Å². The van der Waals surface area contributed by atoms with Crippen LogP contribution in [0.4, 0.5) is 4.39 Å². The normalized spacial score (nSPS) is 29.2. The quantitative estimate of drug-likeness (QED) is 0.894. The molecule has 134 valence electrons. The zero-order valence-corrected chi connectivity index (χ0v) is 14.8. The second-order valence-electron chi connectivity index (χ2n) is 6.75. The van der Waals surface area contributed by atoms with Gasteiger partial charge in [0.05, 0.1) is 12.1 Å². The number of sulfonamides is 1. The number of rotatable bonds is 4. The lowest BCUT2D eigenvalue weighted by atomic mass is 9.87. The fourth-order valence-electron chi connectivity index (χ4n) is 3.99. The second kappa shape index (κ2) is 7.07. The van der Waals surface area contributed by atoms with Crippen LogP contribution in [0.5, 0.6) is 0 Å². The van der Waals surface area contributed by atoms with E-state index < -0.39 is 28.0 Å². The molecule has 0 aromatic heterocycles. The molecule has 2 aliphatic rings. The standard InChI is InChI=1S/C17H25FN2O3S/c1-19(24(22,23)16-10-3-2-7-13(16)18)14-8-6-9-15(17(14)21)20-11-4-5-12-20/h2-3,7,10,14-15,17,21H,4-6,8-9,11-12H2,1H3/t14-,15-,17-/m1/s1. The Morgan fingerprint density at radius 2 is 1.83 bits per heavy atom. The molecule has 24 heavy (non-hydrogen) atoms. The highest BCUT2D eigenvalue weighted by molar-refractivity contribution is 7.89. The third-order valence-electron chi connectivity index (χ3n) is 5.36. The van der Waals surface area contributed by atoms with Crippen LogP contribution in [0.2, 0.25) is 0 Å². The van der Waals surface area contributed by atoms with Gasteiger partial charge in [0.25, 0.3) is 0 Å². The molecule has 1 saturated carbocycles. The Morgan fingerprint density at radius 1 is 1.17 bits per heavy atom. The summed E-state index contributed by atoms with van der Waals surface area (Å²) in [7, 11) is -2.52. The highest BCUT2D eigenvalue weighted by Gasteiger charge is 2.42. The third kappa shape index (κ3) is 3.22. The number of likely N-dealkylation sites (N-methyl/N-ethyl adjacent to an activating group) is 1. The van der Waals surface area contributed by atoms with Crippen LogP contribution in [-0.2, 0) is 10.0 Å². The Kier molecular flexibility index (Phi) is 5.24. The Morgan fingerprint density at radius 3 is 2.50 bits per heavy atom. The van der Waals surface area contributed by atoms with Gasteiger partial charge in [0.1, 0.15) is 10.7 Å². The summed E-state index contributed by atoms with van der Waals surface area (Å²) in [6.45, 7) is 1.91. The van der Waals surface area contributed by atoms with Crippen molar-refractivity contribution in [1.29, 1.82) is 0 Å². The number of hydrogen-bond acceptors (Lipinski definition) is 4. The first-order valence-corrected chi connectivity index (χ1v) is 10.0. The predicted molar refractivity (Wildman–Crippen MR) is 89.6 cm³/mol. The molecule has 1 aromatic rings. The van der Waals surface area contributed by atoms with E-state index in [1.807, 2.05) is 0 Å². The minimum Gasteiger partial charge on any atom is -0.390 e. The summed E-state index contributed by atoms with van der Waals surface area (Å²) < 4.78 is 40.7. The fraction of sp³-hybridized carbons (Fsp3) is 0.647. The molecule has 1 aliphatic heterocycles. The molecule has 1 aromatic carbocycles. The first kappa shape index (κ1) is 17.8. The SMILES string of the molecule is CN([C@@H]1CCC[C@@H](N2CCCC2)[C@@H]1O)S(=O)(=O)c1ccccc1F. The van der Waals surface area contributed by atoms with Crippen molar-refractivity contribution in [2.75, 3.05) is 20.1 Å². The molecular formula is C17H25FN2O3S. The second-order valence-corrected chi connectivity index (χ2v) is 8.72. The number of aliphatic hydroxyl groups excluding tert-OH is 1. The van der Waals surface area contributed by atoms with Crippen LogP contribution in [0.1, 0.15) is 32.1 Å². The highest BCUT2D eigenvalue weighted by atomic mass is 32.2. The van der Waals surface area contributed by atoms with Crippen molar-refractivity contribution >= 4 is 10.0 Å². The van der Waals surface area contributed by atoms with Crippen LogP contribution in [-0.4, -0.2) is 61.1 Å². The lowest BCUT2D eigenvalue weighted by Gasteiger charge is -2.42. The Balaban J connectivity index is 1.83. The first-order valence-electron chi connectivity index (χ1n) is 8.57. The summed E-state index contributed by atoms with van der Waals surface area (Å²) in [5, 5.41) is 10.8. The van der Waals surface area contributed by atoms with E-state index >= 15 is 0 Å². The first-order chi connectivity index (χ1) is 11.4. The zero-order valence-electron chi connectivity index (χ0n) is 13.9. The van der Waals surface area contributed by atoms with Crippen LogP contribution in [0, 0.1) is 5.82 Å². The average Bonchev–Trinajstić information content (AvgIpc) is 3.09. The van der Waals surface area contributed by atoms with E-state index in [2.05, 4.69) is 4.90 Å². The van der Waals surface area contributed by atoms with E-state index in [0.717, 1.165) is 49.1 Å². The number of halogens is 1. The van der Waals surface area contributed by atoms with Gasteiger partial charge in [-0.1, -0.05) is 18.6 Å². The topological polar surface area (TPSA) is 60.9 Å². The number of nitrogens with zero attached hydrogens (tertiary/aromatic N) is 2. The number of likely N-dealkylation sites (tertiary alicyclic amines) is 1. The molecule has 0 spiro atoms. The molecular weight excluding hydrogens is 331 g/mol. The van der Waals surface area contributed by atoms with Gasteiger partial charge in [0, 0.05) is 13.1 Å². The van der Waals surface area contributed by atoms with Crippen molar-refractivity contribution in [2.24, 2.45) is 0 Å². The molecule has 1 N–H and O–H groups in total. The Hall–Kier alpha value is -1.02. The van der Waals surface area contributed by atoms with Crippen LogP contribution < -0.4 is 0 Å². The molecule has 0 unspecified atom stereocenters. The van der Waals surface area contributed by atoms with Gasteiger partial charge in [-0.15, -0.1) is 0 Å². The molecule has 0 amide bonds. The van der Waals surface area contributed by atoms with Gasteiger partial charge in [-0.25, -0.2) is 12.8 Å². The molecule has 1 saturated heterocycles. The number of hydrogen-bond donors (Lipinski definition) is 1. The highest BCUT2D eigenvalue weighted by Crippen LogP contribution is 2.31. The van der Waals surface area contributed by atoms with Gasteiger partial charge in [0.15, 0.2) is 0 Å². The molecule has 1 heterocycles. The largest absolute Gasteiger partial charge is 0.390 e. The van der Waals surface area contributed by atoms with E-state index in [0.29, 0.717) is 6.42 Å². The van der Waals surface area contributed by atoms with Gasteiger partial charge in [-0.3, -0.25) is 4.90 Å². The van der Waals surface area contributed by atoms with Crippen molar-refractivity contribution in [3.63, 3.8) is 0 Å². The monoisotopic (exact) mass is 356 g/mol. The van der Waals surface area contributed by atoms with Crippen molar-refractivity contribution in [3.8, 4) is 0 Å². The third-order valence-corrected chi connectivity index (χ3v) is 7.27. The van der Waals surface area contributed by atoms with Crippen molar-refractivity contribution in [2.45, 2.75) is 55.2 Å². The number of aliphatic hydroxyl groups is 1. The smallest absolute Gasteiger partial charge is 0.246 e. The van der Waals surface area contributed by atoms with E-state index in [-0.39, 0.29) is 10.9 Å². The van der Waals surface area contributed by atoms with Gasteiger partial charge >= 0.3 is 0 Å². The number of benzene rings is 1. The van der Waals surface area contributed by atoms with Gasteiger partial charge < -0.3 is 5.11 Å². The summed E-state index contributed by atoms with van der Waals surface area (Å²) in [6.07, 6.45) is 3.83. The zero-order chi connectivity index (χ0) is 17.3. The molecule has 2 fully saturated rings. The van der Waals surface area contributed by atoms with Crippen molar-refractivity contribution in [3.05, 3.63) is 30.1 Å². The van der Waals surface area contributed by atoms with Crippen LogP contribution in [0.25, 0.3) is 0 Å². The van der Waals surface area contributed by atoms with E-state index in [1.54, 1.807) is 0 Å². The maximum Gasteiger partial charge on any atom is 0.246 e. The van der Waals surface area contributed by atoms with Crippen molar-refractivity contribution in [1.82, 2.24) is 9.21 Å². The maximum absolute atomic E-state index is 14.0. The molecule has 7 heteroatoms. The fourth-order valence-corrected chi connectivity index (χ4v) is 5.45. The lowest BCUT2D eigenvalue weighted by Crippen LogP contribution is -2.56. The summed E-state index contributed by atoms with van der Waals surface area (Å²) in [6, 6.07) is 4.86. The minimum absolute atomic E-state index is 0.00970. The summed E-state index contributed by atoms with van der Waals surface area (Å²) in [4.78, 5) is 1.93. The summed E-state index contributed by atoms with van der Waals surface area (Å²) in [5.41, 5.74) is 0.